The molecule has 0 aliphatic heterocycles. The highest BCUT2D eigenvalue weighted by atomic mass is 32.2. The average Bonchev–Trinajstić information content (AvgIpc) is 2.72. The van der Waals surface area contributed by atoms with Gasteiger partial charge in [-0.25, -0.2) is 0 Å². The molecule has 0 saturated carbocycles. The van der Waals surface area contributed by atoms with Crippen LogP contribution in [0.1, 0.15) is 13.8 Å². The Morgan fingerprint density at radius 3 is 2.61 bits per heavy atom. The Morgan fingerprint density at radius 2 is 2.17 bits per heavy atom. The van der Waals surface area contributed by atoms with Gasteiger partial charge in [-0.3, -0.25) is 4.79 Å². The number of aromatic nitrogens is 2. The molecule has 102 valence electrons. The molecule has 1 heterocycles. The van der Waals surface area contributed by atoms with Crippen molar-refractivity contribution >= 4 is 34.2 Å². The maximum atomic E-state index is 11.1. The van der Waals surface area contributed by atoms with E-state index in [1.54, 1.807) is 0 Å². The molecule has 8 heteroatoms. The van der Waals surface area contributed by atoms with Gasteiger partial charge in [-0.2, -0.15) is 0 Å². The monoisotopic (exact) mass is 290 g/mol. The molecular weight excluding hydrogens is 272 g/mol. The molecule has 0 aliphatic rings. The molecule has 0 fully saturated rings. The number of thioether (sulfide) groups is 1. The largest absolute Gasteiger partial charge is 0.480 e. The molecule has 0 radical (unpaired) electrons. The molecule has 1 atom stereocenters. The molecule has 1 rings (SSSR count). The Morgan fingerprint density at radius 1 is 1.50 bits per heavy atom. The van der Waals surface area contributed by atoms with Crippen LogP contribution in [0.25, 0.3) is 0 Å². The molecule has 0 amide bonds. The number of rotatable bonds is 7. The second-order valence-electron chi connectivity index (χ2n) is 4.27. The van der Waals surface area contributed by atoms with Crippen molar-refractivity contribution in [1.29, 1.82) is 0 Å². The first-order chi connectivity index (χ1) is 8.40. The van der Waals surface area contributed by atoms with E-state index in [1.807, 2.05) is 32.8 Å². The zero-order valence-corrected chi connectivity index (χ0v) is 12.5. The van der Waals surface area contributed by atoms with Gasteiger partial charge in [-0.15, -0.1) is 10.2 Å². The van der Waals surface area contributed by atoms with Crippen LogP contribution in [0.15, 0.2) is 4.34 Å². The number of anilines is 1. The third-order valence-corrected chi connectivity index (χ3v) is 4.30. The normalized spacial score (nSPS) is 12.7. The Kier molecular flexibility index (Phi) is 5.83. The van der Waals surface area contributed by atoms with Gasteiger partial charge in [-0.05, 0) is 0 Å². The molecule has 0 saturated heterocycles. The summed E-state index contributed by atoms with van der Waals surface area (Å²) in [6.45, 7) is 3.85. The van der Waals surface area contributed by atoms with Crippen LogP contribution in [-0.2, 0) is 4.79 Å². The van der Waals surface area contributed by atoms with E-state index in [0.29, 0.717) is 5.75 Å². The lowest BCUT2D eigenvalue weighted by Gasteiger charge is -2.15. The fourth-order valence-electron chi connectivity index (χ4n) is 1.19. The van der Waals surface area contributed by atoms with E-state index in [9.17, 15) is 4.79 Å². The van der Waals surface area contributed by atoms with Crippen LogP contribution in [0.5, 0.6) is 0 Å². The van der Waals surface area contributed by atoms with Gasteiger partial charge in [0.05, 0.1) is 0 Å². The minimum absolute atomic E-state index is 0.137. The standard InChI is InChI=1S/C10H18N4O2S2/c1-6(2)11-7(8(15)16)5-17-10-13-12-9(18-10)14(3)4/h6-7,11H,5H2,1-4H3,(H,15,16). The average molecular weight is 290 g/mol. The van der Waals surface area contributed by atoms with Crippen LogP contribution >= 0.6 is 23.1 Å². The van der Waals surface area contributed by atoms with Crippen LogP contribution in [-0.4, -0.2) is 53.2 Å². The summed E-state index contributed by atoms with van der Waals surface area (Å²) in [6.07, 6.45) is 0. The van der Waals surface area contributed by atoms with Crippen molar-refractivity contribution in [3.05, 3.63) is 0 Å². The van der Waals surface area contributed by atoms with E-state index in [-0.39, 0.29) is 6.04 Å². The van der Waals surface area contributed by atoms with Crippen molar-refractivity contribution in [2.75, 3.05) is 24.7 Å². The van der Waals surface area contributed by atoms with Gasteiger partial charge in [0, 0.05) is 25.9 Å². The summed E-state index contributed by atoms with van der Waals surface area (Å²) >= 11 is 2.87. The molecule has 0 aromatic carbocycles. The fraction of sp³-hybridized carbons (Fsp3) is 0.700. The summed E-state index contributed by atoms with van der Waals surface area (Å²) in [7, 11) is 3.80. The molecule has 18 heavy (non-hydrogen) atoms. The third kappa shape index (κ3) is 4.79. The highest BCUT2D eigenvalue weighted by Crippen LogP contribution is 2.27. The fourth-order valence-corrected chi connectivity index (χ4v) is 3.00. The number of hydrogen-bond acceptors (Lipinski definition) is 7. The molecule has 0 aliphatic carbocycles. The minimum atomic E-state index is -0.839. The maximum absolute atomic E-state index is 11.1. The summed E-state index contributed by atoms with van der Waals surface area (Å²) in [5.41, 5.74) is 0. The number of aliphatic carboxylic acids is 1. The zero-order valence-electron chi connectivity index (χ0n) is 10.9. The van der Waals surface area contributed by atoms with Crippen LogP contribution in [0.2, 0.25) is 0 Å². The molecule has 1 aromatic rings. The quantitative estimate of drug-likeness (QED) is 0.729. The smallest absolute Gasteiger partial charge is 0.321 e. The van der Waals surface area contributed by atoms with Crippen molar-refractivity contribution in [3.63, 3.8) is 0 Å². The number of hydrogen-bond donors (Lipinski definition) is 2. The molecule has 1 aromatic heterocycles. The lowest BCUT2D eigenvalue weighted by Crippen LogP contribution is -2.42. The third-order valence-electron chi connectivity index (χ3n) is 1.98. The van der Waals surface area contributed by atoms with E-state index in [2.05, 4.69) is 15.5 Å². The van der Waals surface area contributed by atoms with Gasteiger partial charge < -0.3 is 15.3 Å². The van der Waals surface area contributed by atoms with Crippen LogP contribution < -0.4 is 10.2 Å². The zero-order chi connectivity index (χ0) is 13.7. The van der Waals surface area contributed by atoms with Gasteiger partial charge in [0.1, 0.15) is 6.04 Å². The second-order valence-corrected chi connectivity index (χ2v) is 6.49. The van der Waals surface area contributed by atoms with E-state index < -0.39 is 12.0 Å². The minimum Gasteiger partial charge on any atom is -0.480 e. The molecule has 0 spiro atoms. The SMILES string of the molecule is CC(C)NC(CSc1nnc(N(C)C)s1)C(=O)O. The van der Waals surface area contributed by atoms with Crippen molar-refractivity contribution in [3.8, 4) is 0 Å². The van der Waals surface area contributed by atoms with Gasteiger partial charge in [-0.1, -0.05) is 36.9 Å². The molecule has 0 bridgehead atoms. The Labute approximate surface area is 115 Å². The van der Waals surface area contributed by atoms with Gasteiger partial charge in [0.15, 0.2) is 4.34 Å². The highest BCUT2D eigenvalue weighted by molar-refractivity contribution is 8.01. The maximum Gasteiger partial charge on any atom is 0.321 e. The van der Waals surface area contributed by atoms with Crippen LogP contribution in [0, 0.1) is 0 Å². The summed E-state index contributed by atoms with van der Waals surface area (Å²) in [5.74, 6) is -0.399. The van der Waals surface area contributed by atoms with Gasteiger partial charge in [0.25, 0.3) is 0 Å². The predicted molar refractivity (Wildman–Crippen MR) is 74.7 cm³/mol. The molecular formula is C10H18N4O2S2. The highest BCUT2D eigenvalue weighted by Gasteiger charge is 2.19. The lowest BCUT2D eigenvalue weighted by atomic mass is 10.3. The molecule has 2 N–H and O–H groups in total. The van der Waals surface area contributed by atoms with Crippen LogP contribution in [0.4, 0.5) is 5.13 Å². The van der Waals surface area contributed by atoms with Crippen molar-refractivity contribution in [1.82, 2.24) is 15.5 Å². The predicted octanol–water partition coefficient (Wildman–Crippen LogP) is 1.15. The number of nitrogens with one attached hydrogen (secondary N) is 1. The number of carboxylic acids is 1. The van der Waals surface area contributed by atoms with E-state index in [0.717, 1.165) is 9.47 Å². The first kappa shape index (κ1) is 15.2. The van der Waals surface area contributed by atoms with Gasteiger partial charge >= 0.3 is 5.97 Å². The molecule has 6 nitrogen and oxygen atoms in total. The van der Waals surface area contributed by atoms with E-state index >= 15 is 0 Å². The second kappa shape index (κ2) is 6.91. The first-order valence-corrected chi connectivity index (χ1v) is 7.33. The van der Waals surface area contributed by atoms with E-state index in [4.69, 9.17) is 5.11 Å². The van der Waals surface area contributed by atoms with E-state index in [1.165, 1.54) is 23.1 Å². The Hall–Kier alpha value is -0.860. The number of nitrogens with zero attached hydrogens (tertiary/aromatic N) is 3. The summed E-state index contributed by atoms with van der Waals surface area (Å²) in [5, 5.41) is 20.9. The Balaban J connectivity index is 2.53. The summed E-state index contributed by atoms with van der Waals surface area (Å²) < 4.78 is 0.788. The van der Waals surface area contributed by atoms with Crippen molar-refractivity contribution in [2.45, 2.75) is 30.3 Å². The van der Waals surface area contributed by atoms with Crippen LogP contribution in [0.3, 0.4) is 0 Å². The van der Waals surface area contributed by atoms with Crippen molar-refractivity contribution < 1.29 is 9.90 Å². The lowest BCUT2D eigenvalue weighted by molar-refractivity contribution is -0.139. The summed E-state index contributed by atoms with van der Waals surface area (Å²) in [6, 6.07) is -0.430. The molecule has 1 unspecified atom stereocenters. The number of carbonyl (C=O) groups is 1. The topological polar surface area (TPSA) is 78.4 Å². The first-order valence-electron chi connectivity index (χ1n) is 5.52. The van der Waals surface area contributed by atoms with Gasteiger partial charge in [0.2, 0.25) is 5.13 Å². The number of carboxylic acid groups (broad SMARTS) is 1. The van der Waals surface area contributed by atoms with Crippen molar-refractivity contribution in [2.24, 2.45) is 0 Å². The Bertz CT molecular complexity index is 395. The summed E-state index contributed by atoms with van der Waals surface area (Å²) in [4.78, 5) is 12.9.